The van der Waals surface area contributed by atoms with Crippen molar-refractivity contribution in [2.45, 2.75) is 38.8 Å². The van der Waals surface area contributed by atoms with Crippen LogP contribution in [0.25, 0.3) is 0 Å². The van der Waals surface area contributed by atoms with Gasteiger partial charge in [0.2, 0.25) is 0 Å². The Morgan fingerprint density at radius 3 is 2.55 bits per heavy atom. The van der Waals surface area contributed by atoms with E-state index in [1.807, 2.05) is 37.3 Å². The molecule has 0 aromatic heterocycles. The lowest BCUT2D eigenvalue weighted by Crippen LogP contribution is -2.42. The van der Waals surface area contributed by atoms with E-state index in [2.05, 4.69) is 5.32 Å². The van der Waals surface area contributed by atoms with E-state index < -0.39 is 18.1 Å². The molecule has 1 aliphatic carbocycles. The first-order valence-electron chi connectivity index (χ1n) is 6.69. The van der Waals surface area contributed by atoms with Crippen molar-refractivity contribution in [1.29, 1.82) is 0 Å². The monoisotopic (exact) mass is 277 g/mol. The molecule has 0 heterocycles. The van der Waals surface area contributed by atoms with Gasteiger partial charge in [-0.05, 0) is 30.2 Å². The molecule has 1 atom stereocenters. The fraction of sp³-hybridized carbons (Fsp3) is 0.467. The second-order valence-corrected chi connectivity index (χ2v) is 5.61. The van der Waals surface area contributed by atoms with Gasteiger partial charge in [-0.15, -0.1) is 0 Å². The van der Waals surface area contributed by atoms with E-state index in [0.717, 1.165) is 18.4 Å². The highest BCUT2D eigenvalue weighted by Gasteiger charge is 2.41. The lowest BCUT2D eigenvalue weighted by molar-refractivity contribution is -0.139. The van der Waals surface area contributed by atoms with Crippen molar-refractivity contribution in [3.05, 3.63) is 35.9 Å². The van der Waals surface area contributed by atoms with E-state index in [9.17, 15) is 9.59 Å². The van der Waals surface area contributed by atoms with E-state index in [4.69, 9.17) is 9.84 Å². The van der Waals surface area contributed by atoms with Crippen LogP contribution >= 0.6 is 0 Å². The Bertz CT molecular complexity index is 482. The maximum Gasteiger partial charge on any atom is 0.408 e. The minimum atomic E-state index is -1.02. The summed E-state index contributed by atoms with van der Waals surface area (Å²) in [4.78, 5) is 22.8. The number of carboxylic acid groups (broad SMARTS) is 1. The van der Waals surface area contributed by atoms with Crippen molar-refractivity contribution in [1.82, 2.24) is 5.32 Å². The molecule has 1 saturated carbocycles. The highest BCUT2D eigenvalue weighted by Crippen LogP contribution is 2.48. The zero-order valence-corrected chi connectivity index (χ0v) is 11.5. The molecule has 5 heteroatoms. The fourth-order valence-corrected chi connectivity index (χ4v) is 2.02. The summed E-state index contributed by atoms with van der Waals surface area (Å²) in [6.07, 6.45) is 1.78. The molecule has 0 spiro atoms. The molecule has 1 amide bonds. The largest absolute Gasteiger partial charge is 0.480 e. The molecule has 0 unspecified atom stereocenters. The molecule has 0 saturated heterocycles. The molecule has 2 N–H and O–H groups in total. The van der Waals surface area contributed by atoms with E-state index in [-0.39, 0.29) is 12.0 Å². The zero-order chi connectivity index (χ0) is 14.6. The minimum absolute atomic E-state index is 0.0514. The van der Waals surface area contributed by atoms with Crippen molar-refractivity contribution in [2.75, 3.05) is 0 Å². The molecule has 5 nitrogen and oxygen atoms in total. The number of alkyl carbamates (subject to hydrolysis) is 1. The normalized spacial score (nSPS) is 17.1. The van der Waals surface area contributed by atoms with Gasteiger partial charge in [0.15, 0.2) is 0 Å². The molecule has 108 valence electrons. The quantitative estimate of drug-likeness (QED) is 0.838. The third-order valence-corrected chi connectivity index (χ3v) is 3.60. The SMILES string of the molecule is CC1(C[C@H](NC(=O)OCc2ccccc2)C(=O)O)CC1. The number of carbonyl (C=O) groups is 2. The molecule has 20 heavy (non-hydrogen) atoms. The molecule has 0 radical (unpaired) electrons. The average Bonchev–Trinajstić information content (AvgIpc) is 3.14. The standard InChI is InChI=1S/C15H19NO4/c1-15(7-8-15)9-12(13(17)18)16-14(19)20-10-11-5-3-2-4-6-11/h2-6,12H,7-10H2,1H3,(H,16,19)(H,17,18)/t12-/m0/s1. The Labute approximate surface area is 117 Å². The molecule has 1 fully saturated rings. The Morgan fingerprint density at radius 2 is 2.00 bits per heavy atom. The van der Waals surface area contributed by atoms with Crippen LogP contribution in [0, 0.1) is 5.41 Å². The lowest BCUT2D eigenvalue weighted by Gasteiger charge is -2.17. The van der Waals surface area contributed by atoms with Crippen LogP contribution in [0.1, 0.15) is 31.7 Å². The van der Waals surface area contributed by atoms with Crippen molar-refractivity contribution in [3.63, 3.8) is 0 Å². The number of carbonyl (C=O) groups excluding carboxylic acids is 1. The number of hydrogen-bond donors (Lipinski definition) is 2. The van der Waals surface area contributed by atoms with Crippen LogP contribution in [0.3, 0.4) is 0 Å². The summed E-state index contributed by atoms with van der Waals surface area (Å²) in [7, 11) is 0. The Hall–Kier alpha value is -2.04. The summed E-state index contributed by atoms with van der Waals surface area (Å²) in [5, 5.41) is 11.6. The first kappa shape index (κ1) is 14.4. The number of aliphatic carboxylic acids is 1. The maximum atomic E-state index is 11.6. The van der Waals surface area contributed by atoms with Crippen molar-refractivity contribution >= 4 is 12.1 Å². The highest BCUT2D eigenvalue weighted by atomic mass is 16.5. The first-order valence-corrected chi connectivity index (χ1v) is 6.69. The average molecular weight is 277 g/mol. The predicted octanol–water partition coefficient (Wildman–Crippen LogP) is 2.56. The van der Waals surface area contributed by atoms with Gasteiger partial charge in [-0.1, -0.05) is 37.3 Å². The van der Waals surface area contributed by atoms with Gasteiger partial charge >= 0.3 is 12.1 Å². The number of nitrogens with one attached hydrogen (secondary N) is 1. The molecule has 0 bridgehead atoms. The molecule has 0 aliphatic heterocycles. The summed E-state index contributed by atoms with van der Waals surface area (Å²) < 4.78 is 5.03. The number of ether oxygens (including phenoxy) is 1. The number of benzene rings is 1. The number of carboxylic acids is 1. The van der Waals surface area contributed by atoms with E-state index >= 15 is 0 Å². The Balaban J connectivity index is 1.81. The number of hydrogen-bond acceptors (Lipinski definition) is 3. The number of amides is 1. The van der Waals surface area contributed by atoms with E-state index in [1.54, 1.807) is 0 Å². The smallest absolute Gasteiger partial charge is 0.408 e. The molecule has 1 aromatic carbocycles. The van der Waals surface area contributed by atoms with Crippen LogP contribution in [0.5, 0.6) is 0 Å². The number of rotatable bonds is 6. The second kappa shape index (κ2) is 5.94. The van der Waals surface area contributed by atoms with Crippen molar-refractivity contribution in [2.24, 2.45) is 5.41 Å². The van der Waals surface area contributed by atoms with Gasteiger partial charge in [0.25, 0.3) is 0 Å². The van der Waals surface area contributed by atoms with Crippen LogP contribution in [-0.2, 0) is 16.1 Å². The topological polar surface area (TPSA) is 75.6 Å². The van der Waals surface area contributed by atoms with Crippen molar-refractivity contribution < 1.29 is 19.4 Å². The van der Waals surface area contributed by atoms with Crippen LogP contribution in [0.15, 0.2) is 30.3 Å². The molecule has 1 aromatic rings. The lowest BCUT2D eigenvalue weighted by atomic mass is 9.99. The van der Waals surface area contributed by atoms with Gasteiger partial charge in [0.05, 0.1) is 0 Å². The summed E-state index contributed by atoms with van der Waals surface area (Å²) in [6, 6.07) is 8.38. The van der Waals surface area contributed by atoms with Crippen molar-refractivity contribution in [3.8, 4) is 0 Å². The Morgan fingerprint density at radius 1 is 1.35 bits per heavy atom. The van der Waals surface area contributed by atoms with Gasteiger partial charge < -0.3 is 15.2 Å². The summed E-state index contributed by atoms with van der Waals surface area (Å²) in [5.41, 5.74) is 0.916. The zero-order valence-electron chi connectivity index (χ0n) is 11.5. The molecular weight excluding hydrogens is 258 g/mol. The first-order chi connectivity index (χ1) is 9.48. The van der Waals surface area contributed by atoms with Crippen LogP contribution in [0.4, 0.5) is 4.79 Å². The van der Waals surface area contributed by atoms with E-state index in [1.165, 1.54) is 0 Å². The van der Waals surface area contributed by atoms with Crippen LogP contribution in [0.2, 0.25) is 0 Å². The third-order valence-electron chi connectivity index (χ3n) is 3.60. The Kier molecular flexibility index (Phi) is 4.27. The molecular formula is C15H19NO4. The molecule has 2 rings (SSSR count). The highest BCUT2D eigenvalue weighted by molar-refractivity contribution is 5.80. The predicted molar refractivity (Wildman–Crippen MR) is 73.1 cm³/mol. The third kappa shape index (κ3) is 4.26. The second-order valence-electron chi connectivity index (χ2n) is 5.61. The summed E-state index contributed by atoms with van der Waals surface area (Å²) >= 11 is 0. The summed E-state index contributed by atoms with van der Waals surface area (Å²) in [5.74, 6) is -1.02. The van der Waals surface area contributed by atoms with Gasteiger partial charge in [0, 0.05) is 0 Å². The van der Waals surface area contributed by atoms with Gasteiger partial charge in [-0.2, -0.15) is 0 Å². The summed E-state index contributed by atoms with van der Waals surface area (Å²) in [6.45, 7) is 2.16. The van der Waals surface area contributed by atoms with Gasteiger partial charge in [-0.25, -0.2) is 9.59 Å². The minimum Gasteiger partial charge on any atom is -0.480 e. The van der Waals surface area contributed by atoms with E-state index in [0.29, 0.717) is 6.42 Å². The van der Waals surface area contributed by atoms with Gasteiger partial charge in [-0.3, -0.25) is 0 Å². The van der Waals surface area contributed by atoms with Gasteiger partial charge in [0.1, 0.15) is 12.6 Å². The van der Waals surface area contributed by atoms with Crippen LogP contribution < -0.4 is 5.32 Å². The van der Waals surface area contributed by atoms with Crippen LogP contribution in [-0.4, -0.2) is 23.2 Å². The fourth-order valence-electron chi connectivity index (χ4n) is 2.02. The molecule has 1 aliphatic rings. The maximum absolute atomic E-state index is 11.6.